The van der Waals surface area contributed by atoms with Crippen molar-refractivity contribution in [3.05, 3.63) is 23.9 Å². The van der Waals surface area contributed by atoms with Crippen molar-refractivity contribution in [1.29, 1.82) is 0 Å². The summed E-state index contributed by atoms with van der Waals surface area (Å²) in [6.07, 6.45) is 5.63. The number of rotatable bonds is 2. The van der Waals surface area contributed by atoms with E-state index >= 15 is 0 Å². The maximum Gasteiger partial charge on any atom is 0.133 e. The van der Waals surface area contributed by atoms with E-state index in [4.69, 9.17) is 5.73 Å². The third kappa shape index (κ3) is 3.02. The van der Waals surface area contributed by atoms with Crippen molar-refractivity contribution in [3.8, 4) is 0 Å². The van der Waals surface area contributed by atoms with Gasteiger partial charge in [-0.25, -0.2) is 4.98 Å². The van der Waals surface area contributed by atoms with Gasteiger partial charge >= 0.3 is 0 Å². The number of nitrogens with two attached hydrogens (primary N) is 1. The molecule has 1 aromatic rings. The average molecular weight is 247 g/mol. The van der Waals surface area contributed by atoms with Crippen molar-refractivity contribution in [2.24, 2.45) is 11.1 Å². The molecule has 0 aromatic carbocycles. The van der Waals surface area contributed by atoms with E-state index in [0.717, 1.165) is 24.5 Å². The van der Waals surface area contributed by atoms with E-state index in [0.29, 0.717) is 5.41 Å². The topological polar surface area (TPSA) is 42.1 Å². The van der Waals surface area contributed by atoms with Crippen LogP contribution in [0.25, 0.3) is 0 Å². The number of hydrogen-bond acceptors (Lipinski definition) is 3. The highest BCUT2D eigenvalue weighted by Gasteiger charge is 2.24. The van der Waals surface area contributed by atoms with Crippen LogP contribution in [-0.4, -0.2) is 18.1 Å². The first-order chi connectivity index (χ1) is 8.49. The van der Waals surface area contributed by atoms with Gasteiger partial charge in [-0.2, -0.15) is 0 Å². The zero-order valence-electron chi connectivity index (χ0n) is 11.8. The largest absolute Gasteiger partial charge is 0.356 e. The van der Waals surface area contributed by atoms with Gasteiger partial charge in [-0.1, -0.05) is 19.9 Å². The van der Waals surface area contributed by atoms with Crippen LogP contribution in [0.5, 0.6) is 0 Å². The predicted molar refractivity (Wildman–Crippen MR) is 76.7 cm³/mol. The highest BCUT2D eigenvalue weighted by Crippen LogP contribution is 2.32. The lowest BCUT2D eigenvalue weighted by molar-refractivity contribution is 0.325. The summed E-state index contributed by atoms with van der Waals surface area (Å²) in [5.41, 5.74) is 7.67. The molecule has 2 rings (SSSR count). The first kappa shape index (κ1) is 13.3. The van der Waals surface area contributed by atoms with Crippen LogP contribution in [0.2, 0.25) is 0 Å². The predicted octanol–water partition coefficient (Wildman–Crippen LogP) is 3.12. The third-order valence-electron chi connectivity index (χ3n) is 3.95. The van der Waals surface area contributed by atoms with Crippen LogP contribution in [0.4, 0.5) is 5.82 Å². The number of anilines is 1. The molecule has 0 saturated carbocycles. The van der Waals surface area contributed by atoms with Gasteiger partial charge in [-0.15, -0.1) is 0 Å². The first-order valence-electron chi connectivity index (χ1n) is 6.95. The minimum Gasteiger partial charge on any atom is -0.356 e. The Hall–Kier alpha value is -1.09. The smallest absolute Gasteiger partial charge is 0.133 e. The summed E-state index contributed by atoms with van der Waals surface area (Å²) in [6, 6.07) is 4.12. The van der Waals surface area contributed by atoms with E-state index in [-0.39, 0.29) is 6.04 Å². The molecule has 0 radical (unpaired) electrons. The van der Waals surface area contributed by atoms with Gasteiger partial charge in [-0.3, -0.25) is 0 Å². The molecule has 1 aliphatic heterocycles. The molecule has 1 atom stereocenters. The fourth-order valence-corrected chi connectivity index (χ4v) is 2.66. The van der Waals surface area contributed by atoms with Crippen molar-refractivity contribution in [3.63, 3.8) is 0 Å². The molecule has 3 heteroatoms. The Labute approximate surface area is 110 Å². The molecule has 18 heavy (non-hydrogen) atoms. The van der Waals surface area contributed by atoms with E-state index < -0.39 is 0 Å². The minimum absolute atomic E-state index is 0.0463. The summed E-state index contributed by atoms with van der Waals surface area (Å²) < 4.78 is 0. The van der Waals surface area contributed by atoms with Crippen LogP contribution in [0.3, 0.4) is 0 Å². The molecule has 2 heterocycles. The summed E-state index contributed by atoms with van der Waals surface area (Å²) in [6.45, 7) is 8.94. The summed E-state index contributed by atoms with van der Waals surface area (Å²) >= 11 is 0. The molecule has 2 N–H and O–H groups in total. The van der Waals surface area contributed by atoms with Gasteiger partial charge < -0.3 is 10.6 Å². The zero-order chi connectivity index (χ0) is 13.2. The van der Waals surface area contributed by atoms with Crippen LogP contribution in [0.15, 0.2) is 18.3 Å². The van der Waals surface area contributed by atoms with E-state index in [9.17, 15) is 0 Å². The SMILES string of the molecule is C[C@@H](N)c1cccnc1N1CCCC(C)(C)CC1. The van der Waals surface area contributed by atoms with Gasteiger partial charge in [0.1, 0.15) is 5.82 Å². The second kappa shape index (κ2) is 5.27. The van der Waals surface area contributed by atoms with Gasteiger partial charge in [0.25, 0.3) is 0 Å². The minimum atomic E-state index is 0.0463. The summed E-state index contributed by atoms with van der Waals surface area (Å²) in [7, 11) is 0. The molecule has 1 fully saturated rings. The van der Waals surface area contributed by atoms with Crippen LogP contribution in [-0.2, 0) is 0 Å². The lowest BCUT2D eigenvalue weighted by Crippen LogP contribution is -2.28. The second-order valence-electron chi connectivity index (χ2n) is 6.21. The lowest BCUT2D eigenvalue weighted by atomic mass is 9.85. The average Bonchev–Trinajstić information content (AvgIpc) is 2.50. The molecule has 1 aliphatic rings. The van der Waals surface area contributed by atoms with Gasteiger partial charge in [-0.05, 0) is 37.7 Å². The molecule has 0 spiro atoms. The van der Waals surface area contributed by atoms with E-state index in [1.54, 1.807) is 0 Å². The Kier molecular flexibility index (Phi) is 3.91. The highest BCUT2D eigenvalue weighted by molar-refractivity contribution is 5.48. The Morgan fingerprint density at radius 1 is 1.33 bits per heavy atom. The Morgan fingerprint density at radius 3 is 2.83 bits per heavy atom. The van der Waals surface area contributed by atoms with Crippen LogP contribution in [0, 0.1) is 5.41 Å². The molecule has 3 nitrogen and oxygen atoms in total. The number of hydrogen-bond donors (Lipinski definition) is 1. The lowest BCUT2D eigenvalue weighted by Gasteiger charge is -2.26. The molecule has 0 bridgehead atoms. The standard InChI is InChI=1S/C15H25N3/c1-12(16)13-6-4-9-17-14(13)18-10-5-7-15(2,3)8-11-18/h4,6,9,12H,5,7-8,10-11,16H2,1-3H3/t12-/m1/s1. The monoisotopic (exact) mass is 247 g/mol. The van der Waals surface area contributed by atoms with E-state index in [2.05, 4.69) is 29.8 Å². The molecular weight excluding hydrogens is 222 g/mol. The van der Waals surface area contributed by atoms with Crippen LogP contribution in [0.1, 0.15) is 51.6 Å². The normalized spacial score (nSPS) is 21.4. The van der Waals surface area contributed by atoms with E-state index in [1.165, 1.54) is 19.3 Å². The molecule has 0 aliphatic carbocycles. The van der Waals surface area contributed by atoms with E-state index in [1.807, 2.05) is 19.2 Å². The Morgan fingerprint density at radius 2 is 2.11 bits per heavy atom. The number of nitrogens with zero attached hydrogens (tertiary/aromatic N) is 2. The van der Waals surface area contributed by atoms with Crippen molar-refractivity contribution < 1.29 is 0 Å². The number of aromatic nitrogens is 1. The quantitative estimate of drug-likeness (QED) is 0.873. The van der Waals surface area contributed by atoms with Gasteiger partial charge in [0, 0.05) is 30.9 Å². The second-order valence-corrected chi connectivity index (χ2v) is 6.21. The van der Waals surface area contributed by atoms with Gasteiger partial charge in [0.05, 0.1) is 0 Å². The summed E-state index contributed by atoms with van der Waals surface area (Å²) in [5, 5.41) is 0. The summed E-state index contributed by atoms with van der Waals surface area (Å²) in [4.78, 5) is 6.97. The third-order valence-corrected chi connectivity index (χ3v) is 3.95. The molecule has 1 saturated heterocycles. The van der Waals surface area contributed by atoms with Gasteiger partial charge in [0.15, 0.2) is 0 Å². The molecule has 100 valence electrons. The van der Waals surface area contributed by atoms with Crippen molar-refractivity contribution in [1.82, 2.24) is 4.98 Å². The van der Waals surface area contributed by atoms with Crippen molar-refractivity contribution in [2.75, 3.05) is 18.0 Å². The maximum atomic E-state index is 6.05. The zero-order valence-corrected chi connectivity index (χ0v) is 11.8. The Bertz CT molecular complexity index is 398. The maximum absolute atomic E-state index is 6.05. The Balaban J connectivity index is 2.21. The van der Waals surface area contributed by atoms with Crippen LogP contribution >= 0.6 is 0 Å². The van der Waals surface area contributed by atoms with Crippen molar-refractivity contribution >= 4 is 5.82 Å². The molecular formula is C15H25N3. The van der Waals surface area contributed by atoms with Crippen molar-refractivity contribution in [2.45, 2.75) is 46.1 Å². The van der Waals surface area contributed by atoms with Gasteiger partial charge in [0.2, 0.25) is 0 Å². The first-order valence-corrected chi connectivity index (χ1v) is 6.95. The van der Waals surface area contributed by atoms with Crippen LogP contribution < -0.4 is 10.6 Å². The highest BCUT2D eigenvalue weighted by atomic mass is 15.2. The fraction of sp³-hybridized carbons (Fsp3) is 0.667. The summed E-state index contributed by atoms with van der Waals surface area (Å²) in [5.74, 6) is 1.09. The fourth-order valence-electron chi connectivity index (χ4n) is 2.66. The molecule has 1 aromatic heterocycles. The number of pyridine rings is 1. The molecule has 0 unspecified atom stereocenters. The molecule has 0 amide bonds.